The van der Waals surface area contributed by atoms with Crippen molar-refractivity contribution in [1.82, 2.24) is 0 Å². The molecule has 1 heterocycles. The predicted octanol–water partition coefficient (Wildman–Crippen LogP) is 4.07. The van der Waals surface area contributed by atoms with Crippen LogP contribution in [-0.2, 0) is 14.7 Å². The van der Waals surface area contributed by atoms with E-state index in [2.05, 4.69) is 5.16 Å². The fourth-order valence-electron chi connectivity index (χ4n) is 4.03. The fraction of sp³-hybridized carbons (Fsp3) is 0.240. The Kier molecular flexibility index (Phi) is 6.74. The summed E-state index contributed by atoms with van der Waals surface area (Å²) in [7, 11) is 1.83. The van der Waals surface area contributed by atoms with Crippen LogP contribution in [0, 0.1) is 0 Å². The smallest absolute Gasteiger partial charge is 0.224 e. The van der Waals surface area contributed by atoms with Crippen LogP contribution in [0.25, 0.3) is 0 Å². The number of oxime groups is 1. The third-order valence-corrected chi connectivity index (χ3v) is 7.50. The van der Waals surface area contributed by atoms with Crippen molar-refractivity contribution in [3.8, 4) is 28.7 Å². The number of nitrogens with zero attached hydrogens (tertiary/aromatic N) is 1. The summed E-state index contributed by atoms with van der Waals surface area (Å²) in [6, 6.07) is 16.0. The van der Waals surface area contributed by atoms with E-state index in [9.17, 15) is 13.5 Å². The molecule has 0 radical (unpaired) electrons. The van der Waals surface area contributed by atoms with Gasteiger partial charge in [0, 0.05) is 5.56 Å². The van der Waals surface area contributed by atoms with Gasteiger partial charge in [-0.15, -0.1) is 0 Å². The maximum Gasteiger partial charge on any atom is 0.224 e. The molecule has 10 heteroatoms. The Balaban J connectivity index is 1.90. The normalized spacial score (nSPS) is 17.3. The molecule has 4 rings (SSSR count). The van der Waals surface area contributed by atoms with Crippen LogP contribution < -0.4 is 18.9 Å². The van der Waals surface area contributed by atoms with Crippen molar-refractivity contribution in [2.24, 2.45) is 5.16 Å². The summed E-state index contributed by atoms with van der Waals surface area (Å²) >= 11 is 0. The SMILES string of the molecule is COc1ccc(C2ON=C(S(=O)(=O)c3ccccc3)C2c2cc(OC)c(OC)c(OC)c2)cc1O. The first kappa shape index (κ1) is 24.2. The largest absolute Gasteiger partial charge is 0.504 e. The van der Waals surface area contributed by atoms with Crippen molar-refractivity contribution in [3.63, 3.8) is 0 Å². The highest BCUT2D eigenvalue weighted by Crippen LogP contribution is 2.48. The molecule has 0 amide bonds. The second-order valence-electron chi connectivity index (χ2n) is 7.64. The topological polar surface area (TPSA) is 113 Å². The molecule has 35 heavy (non-hydrogen) atoms. The van der Waals surface area contributed by atoms with Crippen LogP contribution >= 0.6 is 0 Å². The van der Waals surface area contributed by atoms with Crippen LogP contribution in [0.15, 0.2) is 70.7 Å². The van der Waals surface area contributed by atoms with Gasteiger partial charge in [0.1, 0.15) is 0 Å². The summed E-state index contributed by atoms with van der Waals surface area (Å²) in [5.41, 5.74) is 1.01. The lowest BCUT2D eigenvalue weighted by atomic mass is 9.89. The second kappa shape index (κ2) is 9.75. The van der Waals surface area contributed by atoms with Crippen molar-refractivity contribution in [1.29, 1.82) is 0 Å². The van der Waals surface area contributed by atoms with Crippen LogP contribution in [0.5, 0.6) is 28.7 Å². The summed E-state index contributed by atoms with van der Waals surface area (Å²) in [5, 5.41) is 14.2. The van der Waals surface area contributed by atoms with Crippen LogP contribution in [-0.4, -0.2) is 47.0 Å². The van der Waals surface area contributed by atoms with Gasteiger partial charge in [-0.3, -0.25) is 0 Å². The number of benzene rings is 3. The molecule has 2 atom stereocenters. The van der Waals surface area contributed by atoms with Crippen LogP contribution in [0.3, 0.4) is 0 Å². The van der Waals surface area contributed by atoms with Gasteiger partial charge < -0.3 is 28.9 Å². The lowest BCUT2D eigenvalue weighted by Gasteiger charge is -2.22. The summed E-state index contributed by atoms with van der Waals surface area (Å²) in [5.74, 6) is 0.330. The summed E-state index contributed by atoms with van der Waals surface area (Å²) < 4.78 is 48.8. The van der Waals surface area contributed by atoms with Crippen LogP contribution in [0.2, 0.25) is 0 Å². The number of aromatic hydroxyl groups is 1. The number of hydrogen-bond acceptors (Lipinski definition) is 9. The molecule has 0 aromatic heterocycles. The average Bonchev–Trinajstić information content (AvgIpc) is 3.34. The van der Waals surface area contributed by atoms with E-state index in [0.29, 0.717) is 28.4 Å². The van der Waals surface area contributed by atoms with E-state index in [1.54, 1.807) is 42.5 Å². The number of sulfone groups is 1. The van der Waals surface area contributed by atoms with Crippen molar-refractivity contribution >= 4 is 14.9 Å². The number of phenols is 1. The highest BCUT2D eigenvalue weighted by atomic mass is 32.2. The third-order valence-electron chi connectivity index (χ3n) is 5.73. The predicted molar refractivity (Wildman–Crippen MR) is 128 cm³/mol. The molecule has 2 unspecified atom stereocenters. The molecule has 1 aliphatic rings. The van der Waals surface area contributed by atoms with Gasteiger partial charge in [-0.05, 0) is 42.0 Å². The van der Waals surface area contributed by atoms with Crippen molar-refractivity contribution < 1.29 is 37.3 Å². The Labute approximate surface area is 203 Å². The quantitative estimate of drug-likeness (QED) is 0.518. The molecule has 3 aromatic carbocycles. The molecule has 184 valence electrons. The molecular weight excluding hydrogens is 474 g/mol. The van der Waals surface area contributed by atoms with Gasteiger partial charge in [-0.25, -0.2) is 8.42 Å². The number of methoxy groups -OCH3 is 4. The van der Waals surface area contributed by atoms with Gasteiger partial charge in [0.2, 0.25) is 15.6 Å². The van der Waals surface area contributed by atoms with E-state index in [1.165, 1.54) is 46.6 Å². The van der Waals surface area contributed by atoms with Crippen molar-refractivity contribution in [2.45, 2.75) is 16.9 Å². The van der Waals surface area contributed by atoms with Gasteiger partial charge >= 0.3 is 0 Å². The third kappa shape index (κ3) is 4.32. The molecule has 0 saturated heterocycles. The molecule has 0 aliphatic carbocycles. The molecule has 9 nitrogen and oxygen atoms in total. The van der Waals surface area contributed by atoms with Crippen molar-refractivity contribution in [2.75, 3.05) is 28.4 Å². The molecule has 1 N–H and O–H groups in total. The van der Waals surface area contributed by atoms with E-state index in [0.717, 1.165) is 0 Å². The van der Waals surface area contributed by atoms with E-state index < -0.39 is 21.9 Å². The van der Waals surface area contributed by atoms with Crippen LogP contribution in [0.1, 0.15) is 23.1 Å². The minimum atomic E-state index is -4.03. The molecule has 0 saturated carbocycles. The zero-order valence-corrected chi connectivity index (χ0v) is 20.4. The standard InChI is InChI=1S/C25H25NO8S/c1-30-19-11-10-15(12-18(19)27)23-22(16-13-20(31-2)24(33-4)21(14-16)32-3)25(26-34-23)35(28,29)17-8-6-5-7-9-17/h5-14,22-23,27H,1-4H3. The van der Waals surface area contributed by atoms with E-state index in [-0.39, 0.29) is 21.4 Å². The summed E-state index contributed by atoms with van der Waals surface area (Å²) in [4.78, 5) is 5.78. The first-order chi connectivity index (χ1) is 16.8. The Morgan fingerprint density at radius 3 is 1.97 bits per heavy atom. The van der Waals surface area contributed by atoms with Gasteiger partial charge in [0.25, 0.3) is 0 Å². The molecule has 1 aliphatic heterocycles. The minimum Gasteiger partial charge on any atom is -0.504 e. The van der Waals surface area contributed by atoms with Gasteiger partial charge in [-0.2, -0.15) is 0 Å². The lowest BCUT2D eigenvalue weighted by Crippen LogP contribution is -2.23. The van der Waals surface area contributed by atoms with E-state index in [4.69, 9.17) is 23.8 Å². The average molecular weight is 500 g/mol. The first-order valence-electron chi connectivity index (χ1n) is 10.6. The number of hydrogen-bond donors (Lipinski definition) is 1. The van der Waals surface area contributed by atoms with Gasteiger partial charge in [0.05, 0.1) is 39.3 Å². The molecule has 3 aromatic rings. The molecule has 0 fully saturated rings. The van der Waals surface area contributed by atoms with Gasteiger partial charge in [-0.1, -0.05) is 29.4 Å². The first-order valence-corrected chi connectivity index (χ1v) is 12.0. The Morgan fingerprint density at radius 1 is 0.800 bits per heavy atom. The summed E-state index contributed by atoms with van der Waals surface area (Å²) in [6.45, 7) is 0. The molecule has 0 spiro atoms. The maximum atomic E-state index is 13.6. The van der Waals surface area contributed by atoms with Crippen molar-refractivity contribution in [3.05, 3.63) is 71.8 Å². The number of rotatable bonds is 7. The zero-order chi connectivity index (χ0) is 25.2. The number of phenolic OH excluding ortho intramolecular Hbond substituents is 1. The minimum absolute atomic E-state index is 0.0815. The fourth-order valence-corrected chi connectivity index (χ4v) is 5.52. The monoisotopic (exact) mass is 499 g/mol. The number of ether oxygens (including phenoxy) is 4. The Bertz CT molecular complexity index is 1330. The highest BCUT2D eigenvalue weighted by molar-refractivity contribution is 8.06. The van der Waals surface area contributed by atoms with E-state index in [1.807, 2.05) is 0 Å². The van der Waals surface area contributed by atoms with E-state index >= 15 is 0 Å². The Hall–Kier alpha value is -3.92. The van der Waals surface area contributed by atoms with Crippen LogP contribution in [0.4, 0.5) is 0 Å². The molecular formula is C25H25NO8S. The zero-order valence-electron chi connectivity index (χ0n) is 19.6. The summed E-state index contributed by atoms with van der Waals surface area (Å²) in [6.07, 6.45) is -0.872. The van der Waals surface area contributed by atoms with Gasteiger partial charge in [0.15, 0.2) is 34.1 Å². The second-order valence-corrected chi connectivity index (χ2v) is 9.54. The Morgan fingerprint density at radius 2 is 1.43 bits per heavy atom. The highest BCUT2D eigenvalue weighted by Gasteiger charge is 2.44. The maximum absolute atomic E-state index is 13.6. The lowest BCUT2D eigenvalue weighted by molar-refractivity contribution is 0.0760. The molecule has 0 bridgehead atoms.